The summed E-state index contributed by atoms with van der Waals surface area (Å²) in [5, 5.41) is 2.92. The summed E-state index contributed by atoms with van der Waals surface area (Å²) in [4.78, 5) is 28.0. The van der Waals surface area contributed by atoms with Gasteiger partial charge in [-0.3, -0.25) is 14.5 Å². The van der Waals surface area contributed by atoms with E-state index in [-0.39, 0.29) is 29.4 Å². The van der Waals surface area contributed by atoms with Gasteiger partial charge >= 0.3 is 0 Å². The largest absolute Gasteiger partial charge is 0.347 e. The van der Waals surface area contributed by atoms with E-state index in [1.165, 1.54) is 0 Å². The lowest BCUT2D eigenvalue weighted by Gasteiger charge is -2.26. The van der Waals surface area contributed by atoms with Gasteiger partial charge in [0.15, 0.2) is 9.84 Å². The van der Waals surface area contributed by atoms with Gasteiger partial charge in [-0.25, -0.2) is 8.42 Å². The SMILES string of the molecule is CCN1CC(NC(=O)c2ccc(CN3CCS(=O)(=O)CC3)cc2)CC1=O. The summed E-state index contributed by atoms with van der Waals surface area (Å²) in [6.07, 6.45) is 0.357. The van der Waals surface area contributed by atoms with Crippen molar-refractivity contribution in [1.82, 2.24) is 15.1 Å². The fraction of sp³-hybridized carbons (Fsp3) is 0.556. The highest BCUT2D eigenvalue weighted by Gasteiger charge is 2.29. The molecule has 2 aliphatic heterocycles. The minimum absolute atomic E-state index is 0.0803. The fourth-order valence-corrected chi connectivity index (χ4v) is 4.65. The predicted molar refractivity (Wildman–Crippen MR) is 98.5 cm³/mol. The molecule has 8 heteroatoms. The van der Waals surface area contributed by atoms with E-state index < -0.39 is 9.84 Å². The number of nitrogens with zero attached hydrogens (tertiary/aromatic N) is 2. The molecule has 2 saturated heterocycles. The Labute approximate surface area is 154 Å². The summed E-state index contributed by atoms with van der Waals surface area (Å²) >= 11 is 0. The Bertz CT molecular complexity index is 762. The molecule has 0 radical (unpaired) electrons. The first-order chi connectivity index (χ1) is 12.4. The normalized spacial score (nSPS) is 23.2. The van der Waals surface area contributed by atoms with Crippen LogP contribution in [0.5, 0.6) is 0 Å². The number of benzene rings is 1. The van der Waals surface area contributed by atoms with E-state index >= 15 is 0 Å². The summed E-state index contributed by atoms with van der Waals surface area (Å²) in [7, 11) is -2.87. The Hall–Kier alpha value is -1.93. The minimum Gasteiger partial charge on any atom is -0.347 e. The van der Waals surface area contributed by atoms with Crippen LogP contribution in [0, 0.1) is 0 Å². The second-order valence-corrected chi connectivity index (χ2v) is 9.24. The molecule has 7 nitrogen and oxygen atoms in total. The van der Waals surface area contributed by atoms with Crippen molar-refractivity contribution in [3.63, 3.8) is 0 Å². The summed E-state index contributed by atoms with van der Waals surface area (Å²) in [6, 6.07) is 7.22. The Morgan fingerprint density at radius 2 is 1.85 bits per heavy atom. The topological polar surface area (TPSA) is 86.8 Å². The molecule has 0 bridgehead atoms. The zero-order valence-corrected chi connectivity index (χ0v) is 15.8. The number of nitrogens with one attached hydrogen (secondary N) is 1. The first-order valence-corrected chi connectivity index (χ1v) is 10.8. The van der Waals surface area contributed by atoms with Crippen LogP contribution in [-0.4, -0.2) is 73.8 Å². The third-order valence-corrected chi connectivity index (χ3v) is 6.60. The van der Waals surface area contributed by atoms with Crippen molar-refractivity contribution >= 4 is 21.7 Å². The second kappa shape index (κ2) is 7.75. The van der Waals surface area contributed by atoms with Crippen LogP contribution in [0.3, 0.4) is 0 Å². The maximum atomic E-state index is 12.4. The molecule has 2 amide bonds. The average molecular weight is 379 g/mol. The Morgan fingerprint density at radius 3 is 2.42 bits per heavy atom. The molecule has 26 heavy (non-hydrogen) atoms. The van der Waals surface area contributed by atoms with E-state index in [4.69, 9.17) is 0 Å². The number of hydrogen-bond acceptors (Lipinski definition) is 5. The number of carbonyl (C=O) groups is 2. The van der Waals surface area contributed by atoms with Gasteiger partial charge in [-0.2, -0.15) is 0 Å². The van der Waals surface area contributed by atoms with Crippen LogP contribution in [0.15, 0.2) is 24.3 Å². The smallest absolute Gasteiger partial charge is 0.251 e. The molecule has 0 aliphatic carbocycles. The predicted octanol–water partition coefficient (Wildman–Crippen LogP) is 0.268. The van der Waals surface area contributed by atoms with Gasteiger partial charge in [0.1, 0.15) is 0 Å². The Kier molecular flexibility index (Phi) is 5.62. The molecular weight excluding hydrogens is 354 g/mol. The van der Waals surface area contributed by atoms with Crippen molar-refractivity contribution in [2.24, 2.45) is 0 Å². The number of sulfone groups is 1. The van der Waals surface area contributed by atoms with Crippen molar-refractivity contribution in [3.8, 4) is 0 Å². The molecule has 3 rings (SSSR count). The van der Waals surface area contributed by atoms with E-state index in [0.29, 0.717) is 44.7 Å². The van der Waals surface area contributed by atoms with Crippen LogP contribution in [0.4, 0.5) is 0 Å². The molecule has 1 atom stereocenters. The molecule has 0 aromatic heterocycles. The van der Waals surface area contributed by atoms with Crippen molar-refractivity contribution in [2.45, 2.75) is 25.9 Å². The number of likely N-dealkylation sites (tertiary alicyclic amines) is 1. The molecule has 1 aromatic carbocycles. The number of carbonyl (C=O) groups excluding carboxylic acids is 2. The van der Waals surface area contributed by atoms with E-state index in [9.17, 15) is 18.0 Å². The van der Waals surface area contributed by atoms with Crippen LogP contribution in [-0.2, 0) is 21.2 Å². The summed E-state index contributed by atoms with van der Waals surface area (Å²) < 4.78 is 22.9. The molecular formula is C18H25N3O4S. The van der Waals surface area contributed by atoms with Gasteiger partial charge in [0.25, 0.3) is 5.91 Å². The van der Waals surface area contributed by atoms with Gasteiger partial charge in [-0.15, -0.1) is 0 Å². The fourth-order valence-electron chi connectivity index (χ4n) is 3.37. The lowest BCUT2D eigenvalue weighted by atomic mass is 10.1. The average Bonchev–Trinajstić information content (AvgIpc) is 2.96. The number of amides is 2. The molecule has 2 fully saturated rings. The number of rotatable bonds is 5. The molecule has 1 aromatic rings. The van der Waals surface area contributed by atoms with E-state index in [2.05, 4.69) is 10.2 Å². The summed E-state index contributed by atoms with van der Waals surface area (Å²) in [5.74, 6) is 0.332. The third kappa shape index (κ3) is 4.62. The van der Waals surface area contributed by atoms with Crippen molar-refractivity contribution in [1.29, 1.82) is 0 Å². The van der Waals surface area contributed by atoms with Gasteiger partial charge in [0.05, 0.1) is 17.5 Å². The number of likely N-dealkylation sites (N-methyl/N-ethyl adjacent to an activating group) is 1. The van der Waals surface area contributed by atoms with Gasteiger partial charge in [0.2, 0.25) is 5.91 Å². The first-order valence-electron chi connectivity index (χ1n) is 8.96. The molecule has 0 spiro atoms. The lowest BCUT2D eigenvalue weighted by molar-refractivity contribution is -0.127. The first kappa shape index (κ1) is 18.8. The van der Waals surface area contributed by atoms with Gasteiger partial charge in [-0.1, -0.05) is 12.1 Å². The van der Waals surface area contributed by atoms with Crippen LogP contribution in [0.1, 0.15) is 29.3 Å². The Balaban J connectivity index is 1.52. The van der Waals surface area contributed by atoms with E-state index in [1.807, 2.05) is 19.1 Å². The monoisotopic (exact) mass is 379 g/mol. The van der Waals surface area contributed by atoms with E-state index in [1.54, 1.807) is 17.0 Å². The zero-order valence-electron chi connectivity index (χ0n) is 15.0. The lowest BCUT2D eigenvalue weighted by Crippen LogP contribution is -2.39. The van der Waals surface area contributed by atoms with Crippen LogP contribution < -0.4 is 5.32 Å². The third-order valence-electron chi connectivity index (χ3n) is 4.99. The maximum absolute atomic E-state index is 12.4. The van der Waals surface area contributed by atoms with Crippen LogP contribution in [0.2, 0.25) is 0 Å². The van der Waals surface area contributed by atoms with Gasteiger partial charge in [0, 0.05) is 44.7 Å². The highest BCUT2D eigenvalue weighted by atomic mass is 32.2. The molecule has 2 aliphatic rings. The second-order valence-electron chi connectivity index (χ2n) is 6.93. The zero-order chi connectivity index (χ0) is 18.7. The minimum atomic E-state index is -2.87. The van der Waals surface area contributed by atoms with Gasteiger partial charge < -0.3 is 10.2 Å². The summed E-state index contributed by atoms with van der Waals surface area (Å²) in [5.41, 5.74) is 1.62. The van der Waals surface area contributed by atoms with Crippen LogP contribution >= 0.6 is 0 Å². The molecule has 1 unspecified atom stereocenters. The van der Waals surface area contributed by atoms with Crippen molar-refractivity contribution < 1.29 is 18.0 Å². The standard InChI is InChI=1S/C18H25N3O4S/c1-2-21-13-16(11-17(21)22)19-18(23)15-5-3-14(4-6-15)12-20-7-9-26(24,25)10-8-20/h3-6,16H,2,7-13H2,1H3,(H,19,23). The van der Waals surface area contributed by atoms with Gasteiger partial charge in [-0.05, 0) is 24.6 Å². The van der Waals surface area contributed by atoms with E-state index in [0.717, 1.165) is 5.56 Å². The van der Waals surface area contributed by atoms with Crippen molar-refractivity contribution in [3.05, 3.63) is 35.4 Å². The molecule has 142 valence electrons. The highest BCUT2D eigenvalue weighted by molar-refractivity contribution is 7.91. The van der Waals surface area contributed by atoms with Crippen LogP contribution in [0.25, 0.3) is 0 Å². The quantitative estimate of drug-likeness (QED) is 0.793. The highest BCUT2D eigenvalue weighted by Crippen LogP contribution is 2.13. The Morgan fingerprint density at radius 1 is 1.19 bits per heavy atom. The molecule has 0 saturated carbocycles. The molecule has 1 N–H and O–H groups in total. The number of hydrogen-bond donors (Lipinski definition) is 1. The summed E-state index contributed by atoms with van der Waals surface area (Å²) in [6.45, 7) is 4.94. The van der Waals surface area contributed by atoms with Crippen molar-refractivity contribution in [2.75, 3.05) is 37.7 Å². The maximum Gasteiger partial charge on any atom is 0.251 e. The molecule has 2 heterocycles.